The van der Waals surface area contributed by atoms with Crippen molar-refractivity contribution >= 4 is 56.0 Å². The van der Waals surface area contributed by atoms with Gasteiger partial charge in [0.1, 0.15) is 17.5 Å². The van der Waals surface area contributed by atoms with Crippen LogP contribution in [0, 0.1) is 17.8 Å². The standard InChI is InChI=1S/C32H33N5O5S/c1-42-25-10-5-9-21-20(25)15-24(34-21)32(41)37-16-18-6-4-7-19(18)27(37)30(40)35-23(14-17-12-13-33-29(17)39)28(38)31-36-22-8-2-3-11-26(22)43-31/h2-3,5,8-11,15,17-19,23,27,34H,4,6-7,12-14,16H2,1H3,(H,33,39)(H,35,40)/t17-,18?,19?,23-,27?/m0/s1. The third kappa shape index (κ3) is 4.95. The van der Waals surface area contributed by atoms with E-state index in [0.717, 1.165) is 40.4 Å². The Morgan fingerprint density at radius 2 is 2.00 bits per heavy atom. The molecule has 43 heavy (non-hydrogen) atoms. The number of nitrogens with one attached hydrogen (secondary N) is 3. The van der Waals surface area contributed by atoms with Crippen LogP contribution in [-0.2, 0) is 9.59 Å². The van der Waals surface area contributed by atoms with E-state index in [0.29, 0.717) is 36.0 Å². The number of aromatic nitrogens is 2. The Balaban J connectivity index is 1.18. The number of rotatable bonds is 8. The van der Waals surface area contributed by atoms with Crippen LogP contribution in [0.25, 0.3) is 21.1 Å². The second-order valence-electron chi connectivity index (χ2n) is 11.8. The second kappa shape index (κ2) is 11.1. The fourth-order valence-electron chi connectivity index (χ4n) is 7.20. The molecule has 5 atom stereocenters. The summed E-state index contributed by atoms with van der Waals surface area (Å²) in [6.07, 6.45) is 3.58. The number of amides is 3. The van der Waals surface area contributed by atoms with Crippen LogP contribution in [0.1, 0.15) is 52.4 Å². The van der Waals surface area contributed by atoms with Crippen LogP contribution >= 0.6 is 11.3 Å². The lowest BCUT2D eigenvalue weighted by molar-refractivity contribution is -0.127. The fourth-order valence-corrected chi connectivity index (χ4v) is 8.16. The van der Waals surface area contributed by atoms with Gasteiger partial charge in [-0.15, -0.1) is 11.3 Å². The molecule has 4 heterocycles. The molecule has 2 aliphatic heterocycles. The van der Waals surface area contributed by atoms with E-state index < -0.39 is 12.1 Å². The zero-order valence-electron chi connectivity index (χ0n) is 23.8. The number of nitrogens with zero attached hydrogens (tertiary/aromatic N) is 2. The van der Waals surface area contributed by atoms with E-state index in [1.807, 2.05) is 42.5 Å². The third-order valence-corrected chi connectivity index (χ3v) is 10.4. The highest BCUT2D eigenvalue weighted by molar-refractivity contribution is 7.20. The second-order valence-corrected chi connectivity index (χ2v) is 12.8. The van der Waals surface area contributed by atoms with Gasteiger partial charge in [-0.1, -0.05) is 24.6 Å². The van der Waals surface area contributed by atoms with Crippen LogP contribution in [0.3, 0.4) is 0 Å². The summed E-state index contributed by atoms with van der Waals surface area (Å²) in [6.45, 7) is 1.03. The molecule has 2 aromatic carbocycles. The average Bonchev–Trinajstić information content (AvgIpc) is 3.83. The van der Waals surface area contributed by atoms with Crippen molar-refractivity contribution in [2.45, 2.75) is 44.2 Å². The van der Waals surface area contributed by atoms with Crippen molar-refractivity contribution in [3.05, 3.63) is 59.2 Å². The van der Waals surface area contributed by atoms with Gasteiger partial charge in [-0.3, -0.25) is 19.2 Å². The molecule has 10 nitrogen and oxygen atoms in total. The number of ether oxygens (including phenoxy) is 1. The molecule has 4 aromatic rings. The van der Waals surface area contributed by atoms with Gasteiger partial charge in [-0.25, -0.2) is 4.98 Å². The van der Waals surface area contributed by atoms with Gasteiger partial charge >= 0.3 is 0 Å². The number of carbonyl (C=O) groups excluding carboxylic acids is 4. The first-order valence-corrected chi connectivity index (χ1v) is 15.7. The number of thiazole rings is 1. The van der Waals surface area contributed by atoms with Crippen LogP contribution in [0.2, 0.25) is 0 Å². The van der Waals surface area contributed by atoms with Crippen LogP contribution in [0.4, 0.5) is 0 Å². The van der Waals surface area contributed by atoms with Crippen molar-refractivity contribution in [3.8, 4) is 5.75 Å². The summed E-state index contributed by atoms with van der Waals surface area (Å²) in [4.78, 5) is 64.0. The van der Waals surface area contributed by atoms with E-state index in [1.54, 1.807) is 18.1 Å². The van der Waals surface area contributed by atoms with Gasteiger partial charge in [0.25, 0.3) is 5.91 Å². The maximum absolute atomic E-state index is 14.2. The molecule has 3 N–H and O–H groups in total. The molecule has 0 bridgehead atoms. The van der Waals surface area contributed by atoms with Crippen LogP contribution in [-0.4, -0.2) is 70.7 Å². The molecule has 7 rings (SSSR count). The number of fused-ring (bicyclic) bond motifs is 3. The number of H-pyrrole nitrogens is 1. The monoisotopic (exact) mass is 599 g/mol. The van der Waals surface area contributed by atoms with E-state index in [-0.39, 0.29) is 47.7 Å². The minimum atomic E-state index is -0.934. The lowest BCUT2D eigenvalue weighted by Crippen LogP contribution is -2.53. The third-order valence-electron chi connectivity index (χ3n) is 9.32. The van der Waals surface area contributed by atoms with Crippen molar-refractivity contribution in [1.82, 2.24) is 25.5 Å². The predicted octanol–water partition coefficient (Wildman–Crippen LogP) is 3.92. The molecular weight excluding hydrogens is 566 g/mol. The van der Waals surface area contributed by atoms with E-state index in [2.05, 4.69) is 20.6 Å². The number of hydrogen-bond donors (Lipinski definition) is 3. The Labute approximate surface area is 252 Å². The molecule has 11 heteroatoms. The van der Waals surface area contributed by atoms with Crippen LogP contribution in [0.5, 0.6) is 5.75 Å². The summed E-state index contributed by atoms with van der Waals surface area (Å²) >= 11 is 1.28. The van der Waals surface area contributed by atoms with Crippen molar-refractivity contribution in [2.75, 3.05) is 20.2 Å². The summed E-state index contributed by atoms with van der Waals surface area (Å²) in [5.41, 5.74) is 1.89. The number of para-hydroxylation sites is 1. The van der Waals surface area contributed by atoms with Gasteiger partial charge in [0.15, 0.2) is 5.01 Å². The maximum Gasteiger partial charge on any atom is 0.271 e. The molecule has 1 aliphatic carbocycles. The SMILES string of the molecule is COc1cccc2[nH]c(C(=O)N3CC4CCCC4C3C(=O)N[C@@H](C[C@@H]3CCNC3=O)C(=O)c3nc4ccccc4s3)cc12. The highest BCUT2D eigenvalue weighted by atomic mass is 32.1. The van der Waals surface area contributed by atoms with Gasteiger partial charge in [0.05, 0.1) is 23.4 Å². The summed E-state index contributed by atoms with van der Waals surface area (Å²) in [5, 5.41) is 6.95. The smallest absolute Gasteiger partial charge is 0.271 e. The zero-order chi connectivity index (χ0) is 29.7. The van der Waals surface area contributed by atoms with Gasteiger partial charge in [-0.05, 0) is 67.9 Å². The minimum Gasteiger partial charge on any atom is -0.496 e. The highest BCUT2D eigenvalue weighted by Crippen LogP contribution is 2.43. The topological polar surface area (TPSA) is 133 Å². The summed E-state index contributed by atoms with van der Waals surface area (Å²) < 4.78 is 6.36. The van der Waals surface area contributed by atoms with Crippen LogP contribution in [0.15, 0.2) is 48.5 Å². The predicted molar refractivity (Wildman–Crippen MR) is 162 cm³/mol. The Hall–Kier alpha value is -4.25. The lowest BCUT2D eigenvalue weighted by Gasteiger charge is -2.29. The fraction of sp³-hybridized carbons (Fsp3) is 0.406. The summed E-state index contributed by atoms with van der Waals surface area (Å²) in [7, 11) is 1.59. The van der Waals surface area contributed by atoms with Crippen LogP contribution < -0.4 is 15.4 Å². The molecule has 3 amide bonds. The number of aromatic amines is 1. The van der Waals surface area contributed by atoms with E-state index in [4.69, 9.17) is 4.74 Å². The molecule has 1 saturated carbocycles. The summed E-state index contributed by atoms with van der Waals surface area (Å²) in [5.74, 6) is -0.521. The highest BCUT2D eigenvalue weighted by Gasteiger charge is 2.50. The number of likely N-dealkylation sites (tertiary alicyclic amines) is 1. The van der Waals surface area contributed by atoms with E-state index in [1.165, 1.54) is 11.3 Å². The number of methoxy groups -OCH3 is 1. The van der Waals surface area contributed by atoms with Gasteiger partial charge in [-0.2, -0.15) is 0 Å². The van der Waals surface area contributed by atoms with E-state index >= 15 is 0 Å². The normalized spacial score (nSPS) is 23.8. The Bertz CT molecular complexity index is 1710. The first-order chi connectivity index (χ1) is 20.9. The molecule has 222 valence electrons. The molecule has 2 saturated heterocycles. The number of benzene rings is 2. The van der Waals surface area contributed by atoms with Gasteiger partial charge in [0.2, 0.25) is 17.6 Å². The van der Waals surface area contributed by atoms with Gasteiger partial charge < -0.3 is 25.3 Å². The molecule has 2 aromatic heterocycles. The number of Topliss-reactive ketones (excluding diaryl/α,β-unsaturated/α-hetero) is 1. The molecule has 3 aliphatic rings. The average molecular weight is 600 g/mol. The molecule has 3 unspecified atom stereocenters. The molecule has 3 fully saturated rings. The molecule has 0 spiro atoms. The van der Waals surface area contributed by atoms with Crippen molar-refractivity contribution in [3.63, 3.8) is 0 Å². The maximum atomic E-state index is 14.2. The zero-order valence-corrected chi connectivity index (χ0v) is 24.6. The van der Waals surface area contributed by atoms with E-state index in [9.17, 15) is 19.2 Å². The van der Waals surface area contributed by atoms with Crippen molar-refractivity contribution < 1.29 is 23.9 Å². The number of ketones is 1. The Morgan fingerprint density at radius 1 is 1.14 bits per heavy atom. The minimum absolute atomic E-state index is 0.0100. The lowest BCUT2D eigenvalue weighted by atomic mass is 9.92. The summed E-state index contributed by atoms with van der Waals surface area (Å²) in [6, 6.07) is 13.2. The number of hydrogen-bond acceptors (Lipinski definition) is 7. The van der Waals surface area contributed by atoms with Gasteiger partial charge in [0, 0.05) is 29.9 Å². The van der Waals surface area contributed by atoms with Crippen molar-refractivity contribution in [2.24, 2.45) is 17.8 Å². The first-order valence-electron chi connectivity index (χ1n) is 14.9. The Morgan fingerprint density at radius 3 is 2.79 bits per heavy atom. The Kier molecular flexibility index (Phi) is 7.12. The quantitative estimate of drug-likeness (QED) is 0.263. The molecule has 0 radical (unpaired) electrons. The first kappa shape index (κ1) is 27.6. The molecular formula is C32H33N5O5S. The largest absolute Gasteiger partial charge is 0.496 e. The number of carbonyl (C=O) groups is 4. The van der Waals surface area contributed by atoms with Crippen molar-refractivity contribution in [1.29, 1.82) is 0 Å².